The number of carbonyl (C=O) groups excluding carboxylic acids is 1. The molecule has 0 amide bonds. The van der Waals surface area contributed by atoms with Crippen LogP contribution >= 0.6 is 11.6 Å². The van der Waals surface area contributed by atoms with Crippen LogP contribution in [0.25, 0.3) is 0 Å². The first-order chi connectivity index (χ1) is 7.54. The fourth-order valence-electron chi connectivity index (χ4n) is 1.04. The summed E-state index contributed by atoms with van der Waals surface area (Å²) in [5, 5.41) is 13.5. The fraction of sp³-hybridized carbons (Fsp3) is 0.222. The van der Waals surface area contributed by atoms with Crippen LogP contribution in [0.5, 0.6) is 0 Å². The maximum Gasteiger partial charge on any atom is 0.325 e. The van der Waals surface area contributed by atoms with Crippen LogP contribution in [0.4, 0.5) is 11.4 Å². The molecule has 1 aromatic rings. The summed E-state index contributed by atoms with van der Waals surface area (Å²) in [6, 6.07) is 4.14. The molecule has 1 N–H and O–H groups in total. The summed E-state index contributed by atoms with van der Waals surface area (Å²) in [5.41, 5.74) is 0.0382. The molecule has 0 unspecified atom stereocenters. The molecule has 86 valence electrons. The lowest BCUT2D eigenvalue weighted by molar-refractivity contribution is -0.383. The van der Waals surface area contributed by atoms with Gasteiger partial charge in [-0.05, 0) is 12.1 Å². The summed E-state index contributed by atoms with van der Waals surface area (Å²) >= 11 is 5.63. The van der Waals surface area contributed by atoms with E-state index >= 15 is 0 Å². The first-order valence-electron chi connectivity index (χ1n) is 4.29. The molecule has 7 heteroatoms. The molecule has 0 aliphatic heterocycles. The largest absolute Gasteiger partial charge is 0.468 e. The van der Waals surface area contributed by atoms with E-state index in [0.717, 1.165) is 0 Å². The molecule has 0 aliphatic carbocycles. The molecule has 0 fully saturated rings. The highest BCUT2D eigenvalue weighted by Crippen LogP contribution is 2.27. The molecule has 0 radical (unpaired) electrons. The average molecular weight is 245 g/mol. The minimum atomic E-state index is -0.578. The number of ether oxygens (including phenoxy) is 1. The monoisotopic (exact) mass is 244 g/mol. The Morgan fingerprint density at radius 3 is 2.88 bits per heavy atom. The van der Waals surface area contributed by atoms with E-state index in [1.807, 2.05) is 0 Å². The minimum Gasteiger partial charge on any atom is -0.468 e. The van der Waals surface area contributed by atoms with Gasteiger partial charge in [0.25, 0.3) is 5.69 Å². The number of esters is 1. The topological polar surface area (TPSA) is 81.5 Å². The number of nitrogens with one attached hydrogen (secondary N) is 1. The van der Waals surface area contributed by atoms with Crippen molar-refractivity contribution in [2.45, 2.75) is 0 Å². The summed E-state index contributed by atoms with van der Waals surface area (Å²) in [5.74, 6) is -0.510. The molecule has 0 saturated heterocycles. The molecule has 0 aromatic heterocycles. The van der Waals surface area contributed by atoms with Gasteiger partial charge in [-0.2, -0.15) is 0 Å². The van der Waals surface area contributed by atoms with Gasteiger partial charge >= 0.3 is 5.97 Å². The van der Waals surface area contributed by atoms with Crippen molar-refractivity contribution in [2.75, 3.05) is 19.0 Å². The van der Waals surface area contributed by atoms with Gasteiger partial charge in [-0.15, -0.1) is 0 Å². The number of anilines is 1. The predicted molar refractivity (Wildman–Crippen MR) is 58.6 cm³/mol. The van der Waals surface area contributed by atoms with Gasteiger partial charge in [-0.3, -0.25) is 14.9 Å². The third kappa shape index (κ3) is 3.09. The number of halogens is 1. The Kier molecular flexibility index (Phi) is 4.07. The van der Waals surface area contributed by atoms with E-state index in [4.69, 9.17) is 11.6 Å². The van der Waals surface area contributed by atoms with Crippen LogP contribution in [-0.4, -0.2) is 24.5 Å². The molecule has 1 rings (SSSR count). The van der Waals surface area contributed by atoms with Gasteiger partial charge in [0.15, 0.2) is 0 Å². The van der Waals surface area contributed by atoms with Gasteiger partial charge in [0.1, 0.15) is 12.2 Å². The van der Waals surface area contributed by atoms with Crippen LogP contribution in [0, 0.1) is 10.1 Å². The number of nitrogens with zero attached hydrogens (tertiary/aromatic N) is 1. The number of hydrogen-bond donors (Lipinski definition) is 1. The molecule has 16 heavy (non-hydrogen) atoms. The maximum absolute atomic E-state index is 10.9. The van der Waals surface area contributed by atoms with E-state index in [9.17, 15) is 14.9 Å². The molecule has 0 atom stereocenters. The number of hydrogen-bond acceptors (Lipinski definition) is 5. The van der Waals surface area contributed by atoms with E-state index in [0.29, 0.717) is 0 Å². The SMILES string of the molecule is COC(=O)CNc1ccc(Cl)cc1[N+](=O)[O-]. The van der Waals surface area contributed by atoms with Crippen LogP contribution in [0.3, 0.4) is 0 Å². The average Bonchev–Trinajstić information content (AvgIpc) is 2.26. The zero-order valence-electron chi connectivity index (χ0n) is 8.40. The first-order valence-corrected chi connectivity index (χ1v) is 4.67. The Bertz CT molecular complexity index is 422. The first kappa shape index (κ1) is 12.3. The van der Waals surface area contributed by atoms with Crippen molar-refractivity contribution in [1.29, 1.82) is 0 Å². The molecule has 6 nitrogen and oxygen atoms in total. The predicted octanol–water partition coefficient (Wildman–Crippen LogP) is 1.83. The van der Waals surface area contributed by atoms with Crippen molar-refractivity contribution in [3.8, 4) is 0 Å². The summed E-state index contributed by atoms with van der Waals surface area (Å²) in [6.45, 7) is -0.140. The summed E-state index contributed by atoms with van der Waals surface area (Å²) < 4.78 is 4.40. The molecule has 0 heterocycles. The number of benzene rings is 1. The Morgan fingerprint density at radius 1 is 1.62 bits per heavy atom. The van der Waals surface area contributed by atoms with Crippen molar-refractivity contribution in [3.63, 3.8) is 0 Å². The van der Waals surface area contributed by atoms with Crippen LogP contribution in [0.2, 0.25) is 5.02 Å². The van der Waals surface area contributed by atoms with Crippen molar-refractivity contribution >= 4 is 28.9 Å². The van der Waals surface area contributed by atoms with Crippen molar-refractivity contribution < 1.29 is 14.5 Å². The standard InChI is InChI=1S/C9H9ClN2O4/c1-16-9(13)5-11-7-3-2-6(10)4-8(7)12(14)15/h2-4,11H,5H2,1H3. The van der Waals surface area contributed by atoms with Crippen LogP contribution < -0.4 is 5.32 Å². The molecule has 0 spiro atoms. The number of nitro groups is 1. The molecular formula is C9H9ClN2O4. The molecule has 1 aromatic carbocycles. The molecular weight excluding hydrogens is 236 g/mol. The molecule has 0 saturated carbocycles. The zero-order valence-corrected chi connectivity index (χ0v) is 9.15. The van der Waals surface area contributed by atoms with E-state index in [2.05, 4.69) is 10.1 Å². The van der Waals surface area contributed by atoms with Crippen LogP contribution in [0.1, 0.15) is 0 Å². The summed E-state index contributed by atoms with van der Waals surface area (Å²) in [7, 11) is 1.24. The van der Waals surface area contributed by atoms with Crippen LogP contribution in [-0.2, 0) is 9.53 Å². The third-order valence-corrected chi connectivity index (χ3v) is 2.04. The zero-order chi connectivity index (χ0) is 12.1. The third-order valence-electron chi connectivity index (χ3n) is 1.81. The van der Waals surface area contributed by atoms with E-state index in [1.165, 1.54) is 25.3 Å². The molecule has 0 aliphatic rings. The molecule has 0 bridgehead atoms. The minimum absolute atomic E-state index is 0.140. The Morgan fingerprint density at radius 2 is 2.31 bits per heavy atom. The van der Waals surface area contributed by atoms with Gasteiger partial charge in [-0.1, -0.05) is 11.6 Å². The smallest absolute Gasteiger partial charge is 0.325 e. The highest BCUT2D eigenvalue weighted by Gasteiger charge is 2.14. The lowest BCUT2D eigenvalue weighted by Gasteiger charge is -2.05. The lowest BCUT2D eigenvalue weighted by atomic mass is 10.2. The van der Waals surface area contributed by atoms with Crippen LogP contribution in [0.15, 0.2) is 18.2 Å². The van der Waals surface area contributed by atoms with Gasteiger partial charge in [0, 0.05) is 11.1 Å². The van der Waals surface area contributed by atoms with Gasteiger partial charge in [0.2, 0.25) is 0 Å². The van der Waals surface area contributed by atoms with Gasteiger partial charge in [-0.25, -0.2) is 0 Å². The van der Waals surface area contributed by atoms with Gasteiger partial charge in [0.05, 0.1) is 12.0 Å². The highest BCUT2D eigenvalue weighted by atomic mass is 35.5. The Balaban J connectivity index is 2.87. The van der Waals surface area contributed by atoms with E-state index in [-0.39, 0.29) is 22.9 Å². The highest BCUT2D eigenvalue weighted by molar-refractivity contribution is 6.30. The van der Waals surface area contributed by atoms with Crippen molar-refractivity contribution in [3.05, 3.63) is 33.3 Å². The second-order valence-corrected chi connectivity index (χ2v) is 3.28. The lowest BCUT2D eigenvalue weighted by Crippen LogP contribution is -2.15. The van der Waals surface area contributed by atoms with E-state index in [1.54, 1.807) is 0 Å². The van der Waals surface area contributed by atoms with Crippen molar-refractivity contribution in [2.24, 2.45) is 0 Å². The second kappa shape index (κ2) is 5.32. The van der Waals surface area contributed by atoms with Gasteiger partial charge < -0.3 is 10.1 Å². The number of carbonyl (C=O) groups is 1. The number of nitro benzene ring substituents is 1. The quantitative estimate of drug-likeness (QED) is 0.496. The normalized spacial score (nSPS) is 9.62. The number of methoxy groups -OCH3 is 1. The second-order valence-electron chi connectivity index (χ2n) is 2.85. The Labute approximate surface area is 96.3 Å². The number of rotatable bonds is 4. The summed E-state index contributed by atoms with van der Waals surface area (Å²) in [6.07, 6.45) is 0. The maximum atomic E-state index is 10.9. The summed E-state index contributed by atoms with van der Waals surface area (Å²) in [4.78, 5) is 21.0. The van der Waals surface area contributed by atoms with Crippen molar-refractivity contribution in [1.82, 2.24) is 0 Å². The Hall–Kier alpha value is -1.82. The van der Waals surface area contributed by atoms with E-state index < -0.39 is 10.9 Å². The fourth-order valence-corrected chi connectivity index (χ4v) is 1.21.